The second kappa shape index (κ2) is 5.88. The van der Waals surface area contributed by atoms with Crippen LogP contribution in [0.5, 0.6) is 5.75 Å². The van der Waals surface area contributed by atoms with Crippen molar-refractivity contribution in [2.75, 3.05) is 0 Å². The normalized spacial score (nSPS) is 13.1. The highest BCUT2D eigenvalue weighted by Crippen LogP contribution is 2.24. The van der Waals surface area contributed by atoms with E-state index in [1.54, 1.807) is 0 Å². The molecule has 2 nitrogen and oxygen atoms in total. The van der Waals surface area contributed by atoms with Crippen LogP contribution in [-0.2, 0) is 19.4 Å². The lowest BCUT2D eigenvalue weighted by Crippen LogP contribution is -2.01. The number of benzene rings is 2. The zero-order chi connectivity index (χ0) is 15.6. The van der Waals surface area contributed by atoms with Crippen LogP contribution in [0.1, 0.15) is 22.4 Å². The first-order chi connectivity index (χ1) is 11.3. The highest BCUT2D eigenvalue weighted by molar-refractivity contribution is 5.82. The summed E-state index contributed by atoms with van der Waals surface area (Å²) in [5, 5.41) is 1.17. The fourth-order valence-corrected chi connectivity index (χ4v) is 3.18. The molecule has 0 fully saturated rings. The number of fused-ring (bicyclic) bond motifs is 2. The maximum atomic E-state index is 6.07. The van der Waals surface area contributed by atoms with Gasteiger partial charge in [-0.25, -0.2) is 0 Å². The largest absolute Gasteiger partial charge is 0.489 e. The lowest BCUT2D eigenvalue weighted by Gasteiger charge is -2.14. The second-order valence-electron chi connectivity index (χ2n) is 6.04. The van der Waals surface area contributed by atoms with Gasteiger partial charge < -0.3 is 4.74 Å². The summed E-state index contributed by atoms with van der Waals surface area (Å²) in [6.07, 6.45) is 6.49. The Hall–Kier alpha value is -2.61. The van der Waals surface area contributed by atoms with Gasteiger partial charge in [-0.1, -0.05) is 36.4 Å². The van der Waals surface area contributed by atoms with Gasteiger partial charge in [-0.05, 0) is 55.2 Å². The second-order valence-corrected chi connectivity index (χ2v) is 6.04. The molecule has 23 heavy (non-hydrogen) atoms. The van der Waals surface area contributed by atoms with Gasteiger partial charge in [0.1, 0.15) is 12.4 Å². The average molecular weight is 301 g/mol. The molecule has 0 N–H and O–H groups in total. The van der Waals surface area contributed by atoms with Crippen molar-refractivity contribution in [3.63, 3.8) is 0 Å². The van der Waals surface area contributed by atoms with E-state index in [0.717, 1.165) is 29.8 Å². The Kier molecular flexibility index (Phi) is 3.58. The van der Waals surface area contributed by atoms with Crippen molar-refractivity contribution < 1.29 is 4.74 Å². The van der Waals surface area contributed by atoms with Gasteiger partial charge in [0.25, 0.3) is 0 Å². The number of para-hydroxylation sites is 1. The smallest absolute Gasteiger partial charge is 0.120 e. The highest BCUT2D eigenvalue weighted by Gasteiger charge is 2.08. The molecule has 0 bridgehead atoms. The molecule has 0 saturated carbocycles. The molecule has 1 heterocycles. The maximum Gasteiger partial charge on any atom is 0.120 e. The molecule has 2 aromatic carbocycles. The Morgan fingerprint density at radius 1 is 0.957 bits per heavy atom. The molecule has 0 spiro atoms. The molecule has 0 radical (unpaired) electrons. The van der Waals surface area contributed by atoms with Gasteiger partial charge in [0, 0.05) is 16.6 Å². The summed E-state index contributed by atoms with van der Waals surface area (Å²) in [4.78, 5) is 4.59. The summed E-state index contributed by atoms with van der Waals surface area (Å²) in [7, 11) is 0. The number of ether oxygens (including phenoxy) is 1. The molecule has 0 amide bonds. The summed E-state index contributed by atoms with van der Waals surface area (Å²) in [5.41, 5.74) is 6.02. The molecule has 1 aliphatic carbocycles. The number of nitrogens with zero attached hydrogens (tertiary/aromatic N) is 1. The zero-order valence-electron chi connectivity index (χ0n) is 13.3. The van der Waals surface area contributed by atoms with Crippen molar-refractivity contribution in [3.8, 4) is 5.75 Å². The van der Waals surface area contributed by atoms with E-state index in [2.05, 4.69) is 53.5 Å². The molecule has 0 atom stereocenters. The van der Waals surface area contributed by atoms with Crippen LogP contribution < -0.4 is 4.74 Å². The average Bonchev–Trinajstić information content (AvgIpc) is 2.59. The number of aromatic nitrogens is 1. The number of allylic oxidation sites excluding steroid dienone is 2. The molecular formula is C21H19NO. The van der Waals surface area contributed by atoms with E-state index in [9.17, 15) is 0 Å². The first-order valence-corrected chi connectivity index (χ1v) is 8.04. The van der Waals surface area contributed by atoms with E-state index in [0.29, 0.717) is 6.61 Å². The van der Waals surface area contributed by atoms with Crippen LogP contribution in [0.25, 0.3) is 10.9 Å². The van der Waals surface area contributed by atoms with E-state index in [4.69, 9.17) is 4.74 Å². The third kappa shape index (κ3) is 2.85. The van der Waals surface area contributed by atoms with Gasteiger partial charge >= 0.3 is 0 Å². The van der Waals surface area contributed by atoms with Gasteiger partial charge in [-0.3, -0.25) is 4.98 Å². The molecular weight excluding hydrogens is 282 g/mol. The highest BCUT2D eigenvalue weighted by atomic mass is 16.5. The molecule has 0 aliphatic heterocycles. The molecule has 4 rings (SSSR count). The first kappa shape index (κ1) is 14.0. The van der Waals surface area contributed by atoms with Crippen LogP contribution in [0, 0.1) is 6.92 Å². The standard InChI is InChI=1S/C21H19NO/c1-15-12-18(20-8-4-5-9-21(20)22-15)14-23-19-11-10-16-6-2-3-7-17(16)13-19/h2-5,8-13H,6-7,14H2,1H3. The lowest BCUT2D eigenvalue weighted by atomic mass is 9.97. The van der Waals surface area contributed by atoms with E-state index >= 15 is 0 Å². The van der Waals surface area contributed by atoms with Crippen molar-refractivity contribution in [3.05, 3.63) is 83.1 Å². The monoisotopic (exact) mass is 301 g/mol. The Morgan fingerprint density at radius 3 is 2.70 bits per heavy atom. The fourth-order valence-electron chi connectivity index (χ4n) is 3.18. The van der Waals surface area contributed by atoms with Crippen LogP contribution in [0.4, 0.5) is 0 Å². The molecule has 1 aromatic heterocycles. The third-order valence-electron chi connectivity index (χ3n) is 4.34. The molecule has 3 aromatic rings. The van der Waals surface area contributed by atoms with Crippen LogP contribution in [0.3, 0.4) is 0 Å². The Balaban J connectivity index is 1.60. The lowest BCUT2D eigenvalue weighted by molar-refractivity contribution is 0.307. The fraction of sp³-hybridized carbons (Fsp3) is 0.190. The number of hydrogen-bond acceptors (Lipinski definition) is 2. The SMILES string of the molecule is Cc1cc(COc2ccc3c(c2)CC=CC3)c2ccccc2n1. The van der Waals surface area contributed by atoms with E-state index in [-0.39, 0.29) is 0 Å². The zero-order valence-corrected chi connectivity index (χ0v) is 13.3. The van der Waals surface area contributed by atoms with E-state index < -0.39 is 0 Å². The summed E-state index contributed by atoms with van der Waals surface area (Å²) in [5.74, 6) is 0.942. The van der Waals surface area contributed by atoms with Crippen molar-refractivity contribution in [2.24, 2.45) is 0 Å². The summed E-state index contributed by atoms with van der Waals surface area (Å²) in [6.45, 7) is 2.60. The number of aryl methyl sites for hydroxylation is 1. The Bertz CT molecular complexity index is 895. The molecule has 114 valence electrons. The van der Waals surface area contributed by atoms with Crippen LogP contribution in [-0.4, -0.2) is 4.98 Å². The Morgan fingerprint density at radius 2 is 1.78 bits per heavy atom. The first-order valence-electron chi connectivity index (χ1n) is 8.04. The van der Waals surface area contributed by atoms with Crippen molar-refractivity contribution in [1.29, 1.82) is 0 Å². The molecule has 0 unspecified atom stereocenters. The van der Waals surface area contributed by atoms with Crippen LogP contribution in [0.2, 0.25) is 0 Å². The van der Waals surface area contributed by atoms with Crippen molar-refractivity contribution in [2.45, 2.75) is 26.4 Å². The van der Waals surface area contributed by atoms with E-state index in [1.807, 2.05) is 19.1 Å². The summed E-state index contributed by atoms with van der Waals surface area (Å²) >= 11 is 0. The van der Waals surface area contributed by atoms with Crippen molar-refractivity contribution >= 4 is 10.9 Å². The topological polar surface area (TPSA) is 22.1 Å². The van der Waals surface area contributed by atoms with Gasteiger partial charge in [-0.2, -0.15) is 0 Å². The van der Waals surface area contributed by atoms with Gasteiger partial charge in [0.05, 0.1) is 5.52 Å². The number of rotatable bonds is 3. The van der Waals surface area contributed by atoms with Gasteiger partial charge in [0.15, 0.2) is 0 Å². The van der Waals surface area contributed by atoms with Crippen LogP contribution >= 0.6 is 0 Å². The minimum Gasteiger partial charge on any atom is -0.489 e. The van der Waals surface area contributed by atoms with Crippen molar-refractivity contribution in [1.82, 2.24) is 4.98 Å². The number of pyridine rings is 1. The Labute approximate surface area is 136 Å². The molecule has 1 aliphatic rings. The predicted octanol–water partition coefficient (Wildman–Crippen LogP) is 4.78. The maximum absolute atomic E-state index is 6.07. The molecule has 0 saturated heterocycles. The predicted molar refractivity (Wildman–Crippen MR) is 93.8 cm³/mol. The number of hydrogen-bond donors (Lipinski definition) is 0. The summed E-state index contributed by atoms with van der Waals surface area (Å²) < 4.78 is 6.07. The molecule has 2 heteroatoms. The van der Waals surface area contributed by atoms with Gasteiger partial charge in [0.2, 0.25) is 0 Å². The van der Waals surface area contributed by atoms with Crippen LogP contribution in [0.15, 0.2) is 60.7 Å². The van der Waals surface area contributed by atoms with E-state index in [1.165, 1.54) is 22.1 Å². The minimum absolute atomic E-state index is 0.568. The minimum atomic E-state index is 0.568. The quantitative estimate of drug-likeness (QED) is 0.650. The summed E-state index contributed by atoms with van der Waals surface area (Å²) in [6, 6.07) is 16.8. The van der Waals surface area contributed by atoms with Gasteiger partial charge in [-0.15, -0.1) is 0 Å². The third-order valence-corrected chi connectivity index (χ3v) is 4.34.